The molecule has 134 valence electrons. The molecule has 3 aliphatic heterocycles. The SMILES string of the molecule is O=C(N1CCCc2ccccc21)N1[C@@H]2CC[C@H]1CC(c1ccncc1)C2. The van der Waals surface area contributed by atoms with Crippen LogP contribution in [0.15, 0.2) is 48.8 Å². The van der Waals surface area contributed by atoms with E-state index in [1.54, 1.807) is 0 Å². The summed E-state index contributed by atoms with van der Waals surface area (Å²) in [5, 5.41) is 0. The van der Waals surface area contributed by atoms with Crippen LogP contribution in [0.25, 0.3) is 0 Å². The number of urea groups is 1. The monoisotopic (exact) mass is 347 g/mol. The van der Waals surface area contributed by atoms with E-state index in [2.05, 4.69) is 46.3 Å². The quantitative estimate of drug-likeness (QED) is 0.768. The first-order valence-corrected chi connectivity index (χ1v) is 9.89. The normalized spacial score (nSPS) is 27.3. The molecule has 2 amide bonds. The van der Waals surface area contributed by atoms with Crippen LogP contribution in [0.1, 0.15) is 49.1 Å². The van der Waals surface area contributed by atoms with Gasteiger partial charge < -0.3 is 4.90 Å². The summed E-state index contributed by atoms with van der Waals surface area (Å²) in [4.78, 5) is 21.9. The van der Waals surface area contributed by atoms with Gasteiger partial charge in [-0.2, -0.15) is 0 Å². The van der Waals surface area contributed by atoms with Crippen molar-refractivity contribution in [2.24, 2.45) is 0 Å². The van der Waals surface area contributed by atoms with E-state index in [1.807, 2.05) is 17.3 Å². The number of hydrogen-bond donors (Lipinski definition) is 0. The maximum Gasteiger partial charge on any atom is 0.324 e. The lowest BCUT2D eigenvalue weighted by Crippen LogP contribution is -2.53. The molecular weight excluding hydrogens is 322 g/mol. The van der Waals surface area contributed by atoms with Crippen LogP contribution in [0.3, 0.4) is 0 Å². The molecule has 2 saturated heterocycles. The highest BCUT2D eigenvalue weighted by Gasteiger charge is 2.45. The molecule has 3 aliphatic rings. The minimum Gasteiger partial charge on any atom is -0.318 e. The number of pyridine rings is 1. The van der Waals surface area contributed by atoms with Crippen molar-refractivity contribution >= 4 is 11.7 Å². The van der Waals surface area contributed by atoms with Crippen LogP contribution in [0.2, 0.25) is 0 Å². The van der Waals surface area contributed by atoms with Gasteiger partial charge >= 0.3 is 6.03 Å². The van der Waals surface area contributed by atoms with Crippen LogP contribution in [0.4, 0.5) is 10.5 Å². The number of aromatic nitrogens is 1. The van der Waals surface area contributed by atoms with E-state index in [9.17, 15) is 4.79 Å². The third-order valence-corrected chi connectivity index (χ3v) is 6.47. The highest BCUT2D eigenvalue weighted by atomic mass is 16.2. The predicted molar refractivity (Wildman–Crippen MR) is 102 cm³/mol. The van der Waals surface area contributed by atoms with Crippen LogP contribution in [-0.4, -0.2) is 34.5 Å². The number of fused-ring (bicyclic) bond motifs is 3. The first kappa shape index (κ1) is 15.9. The molecule has 0 N–H and O–H groups in total. The van der Waals surface area contributed by atoms with Crippen LogP contribution in [0, 0.1) is 0 Å². The van der Waals surface area contributed by atoms with Crippen molar-refractivity contribution in [3.63, 3.8) is 0 Å². The molecule has 2 bridgehead atoms. The smallest absolute Gasteiger partial charge is 0.318 e. The summed E-state index contributed by atoms with van der Waals surface area (Å²) >= 11 is 0. The fraction of sp³-hybridized carbons (Fsp3) is 0.455. The van der Waals surface area contributed by atoms with E-state index < -0.39 is 0 Å². The van der Waals surface area contributed by atoms with Crippen molar-refractivity contribution in [2.45, 2.75) is 56.5 Å². The molecule has 0 spiro atoms. The second-order valence-corrected chi connectivity index (χ2v) is 7.91. The van der Waals surface area contributed by atoms with Gasteiger partial charge in [-0.3, -0.25) is 9.88 Å². The highest BCUT2D eigenvalue weighted by Crippen LogP contribution is 2.44. The molecular formula is C22H25N3O. The van der Waals surface area contributed by atoms with Crippen LogP contribution in [-0.2, 0) is 6.42 Å². The molecule has 2 fully saturated rings. The number of hydrogen-bond acceptors (Lipinski definition) is 2. The number of rotatable bonds is 1. The molecule has 0 saturated carbocycles. The summed E-state index contributed by atoms with van der Waals surface area (Å²) in [5.41, 5.74) is 3.82. The molecule has 26 heavy (non-hydrogen) atoms. The number of aryl methyl sites for hydroxylation is 1. The molecule has 0 radical (unpaired) electrons. The number of piperidine rings is 1. The lowest BCUT2D eigenvalue weighted by Gasteiger charge is -2.42. The van der Waals surface area contributed by atoms with Gasteiger partial charge in [0.25, 0.3) is 0 Å². The van der Waals surface area contributed by atoms with Gasteiger partial charge in [0.05, 0.1) is 0 Å². The number of para-hydroxylation sites is 1. The second kappa shape index (κ2) is 6.42. The first-order chi connectivity index (χ1) is 12.8. The minimum atomic E-state index is 0.234. The fourth-order valence-corrected chi connectivity index (χ4v) is 5.27. The summed E-state index contributed by atoms with van der Waals surface area (Å²) in [6.07, 6.45) is 10.4. The lowest BCUT2D eigenvalue weighted by atomic mass is 9.85. The largest absolute Gasteiger partial charge is 0.324 e. The van der Waals surface area contributed by atoms with E-state index in [1.165, 1.54) is 11.1 Å². The van der Waals surface area contributed by atoms with Gasteiger partial charge in [0.1, 0.15) is 0 Å². The van der Waals surface area contributed by atoms with Gasteiger partial charge in [0.15, 0.2) is 0 Å². The Labute approximate surface area is 154 Å². The zero-order valence-electron chi connectivity index (χ0n) is 15.1. The number of benzene rings is 1. The van der Waals surface area contributed by atoms with E-state index in [-0.39, 0.29) is 6.03 Å². The van der Waals surface area contributed by atoms with Gasteiger partial charge in [-0.25, -0.2) is 4.79 Å². The fourth-order valence-electron chi connectivity index (χ4n) is 5.27. The lowest BCUT2D eigenvalue weighted by molar-refractivity contribution is 0.143. The Morgan fingerprint density at radius 3 is 2.50 bits per heavy atom. The molecule has 2 aromatic rings. The Kier molecular flexibility index (Phi) is 3.92. The van der Waals surface area contributed by atoms with Gasteiger partial charge in [0.2, 0.25) is 0 Å². The average molecular weight is 347 g/mol. The first-order valence-electron chi connectivity index (χ1n) is 9.89. The zero-order chi connectivity index (χ0) is 17.5. The average Bonchev–Trinajstić information content (AvgIpc) is 2.97. The topological polar surface area (TPSA) is 36.4 Å². The van der Waals surface area contributed by atoms with Gasteiger partial charge in [-0.15, -0.1) is 0 Å². The van der Waals surface area contributed by atoms with Crippen molar-refractivity contribution in [3.05, 3.63) is 59.9 Å². The molecule has 1 unspecified atom stereocenters. The van der Waals surface area contributed by atoms with Crippen LogP contribution in [0.5, 0.6) is 0 Å². The Morgan fingerprint density at radius 1 is 1.00 bits per heavy atom. The number of amides is 2. The van der Waals surface area contributed by atoms with E-state index in [0.717, 1.165) is 50.8 Å². The molecule has 4 nitrogen and oxygen atoms in total. The van der Waals surface area contributed by atoms with Crippen molar-refractivity contribution in [1.29, 1.82) is 0 Å². The van der Waals surface area contributed by atoms with Crippen molar-refractivity contribution in [2.75, 3.05) is 11.4 Å². The summed E-state index contributed by atoms with van der Waals surface area (Å²) in [6.45, 7) is 0.847. The summed E-state index contributed by atoms with van der Waals surface area (Å²) in [6, 6.07) is 13.7. The highest BCUT2D eigenvalue weighted by molar-refractivity contribution is 5.94. The molecule has 4 heteroatoms. The zero-order valence-corrected chi connectivity index (χ0v) is 15.1. The van der Waals surface area contributed by atoms with E-state index in [4.69, 9.17) is 0 Å². The molecule has 0 aliphatic carbocycles. The van der Waals surface area contributed by atoms with Gasteiger partial charge in [0, 0.05) is 36.7 Å². The summed E-state index contributed by atoms with van der Waals surface area (Å²) in [5.74, 6) is 0.563. The predicted octanol–water partition coefficient (Wildman–Crippen LogP) is 4.36. The molecule has 1 aromatic heterocycles. The molecule has 5 rings (SSSR count). The Bertz CT molecular complexity index is 792. The van der Waals surface area contributed by atoms with E-state index in [0.29, 0.717) is 18.0 Å². The molecule has 1 aromatic carbocycles. The Hall–Kier alpha value is -2.36. The maximum atomic E-state index is 13.5. The van der Waals surface area contributed by atoms with Gasteiger partial charge in [-0.05, 0) is 73.8 Å². The summed E-state index contributed by atoms with van der Waals surface area (Å²) in [7, 11) is 0. The number of carbonyl (C=O) groups excluding carboxylic acids is 1. The van der Waals surface area contributed by atoms with Crippen molar-refractivity contribution < 1.29 is 4.79 Å². The minimum absolute atomic E-state index is 0.234. The standard InChI is InChI=1S/C22H25N3O/c26-22(24-13-3-5-17-4-1-2-6-21(17)24)25-19-7-8-20(25)15-18(14-19)16-9-11-23-12-10-16/h1-2,4,6,9-12,18-20H,3,5,7-8,13-15H2/t18?,19-,20+. The van der Waals surface area contributed by atoms with Crippen molar-refractivity contribution in [3.8, 4) is 0 Å². The third-order valence-electron chi connectivity index (χ3n) is 6.47. The van der Waals surface area contributed by atoms with Crippen LogP contribution >= 0.6 is 0 Å². The van der Waals surface area contributed by atoms with E-state index >= 15 is 0 Å². The van der Waals surface area contributed by atoms with Gasteiger partial charge in [-0.1, -0.05) is 18.2 Å². The van der Waals surface area contributed by atoms with Crippen LogP contribution < -0.4 is 4.90 Å². The number of anilines is 1. The van der Waals surface area contributed by atoms with Crippen molar-refractivity contribution in [1.82, 2.24) is 9.88 Å². The second-order valence-electron chi connectivity index (χ2n) is 7.91. The third kappa shape index (κ3) is 2.59. The Morgan fingerprint density at radius 2 is 1.73 bits per heavy atom. The molecule has 3 atom stereocenters. The number of nitrogens with zero attached hydrogens (tertiary/aromatic N) is 3. The summed E-state index contributed by atoms with van der Waals surface area (Å²) < 4.78 is 0. The maximum absolute atomic E-state index is 13.5. The number of carbonyl (C=O) groups is 1. The Balaban J connectivity index is 1.38. The molecule has 4 heterocycles.